The Kier molecular flexibility index (Phi) is 3.75. The third kappa shape index (κ3) is 3.32. The van der Waals surface area contributed by atoms with Crippen molar-refractivity contribution < 1.29 is 4.74 Å². The second kappa shape index (κ2) is 5.28. The van der Waals surface area contributed by atoms with Crippen LogP contribution in [0.5, 0.6) is 5.75 Å². The minimum atomic E-state index is 0.689. The molecule has 0 aliphatic heterocycles. The van der Waals surface area contributed by atoms with Crippen LogP contribution in [0, 0.1) is 0 Å². The molecule has 2 nitrogen and oxygen atoms in total. The lowest BCUT2D eigenvalue weighted by atomic mass is 10.3. The maximum Gasteiger partial charge on any atom is 0.138 e. The van der Waals surface area contributed by atoms with Crippen LogP contribution in [0.2, 0.25) is 0 Å². The van der Waals surface area contributed by atoms with Crippen LogP contribution in [-0.2, 0) is 6.42 Å². The third-order valence-corrected chi connectivity index (χ3v) is 3.09. The first-order chi connectivity index (χ1) is 7.34. The van der Waals surface area contributed by atoms with Crippen molar-refractivity contribution in [3.63, 3.8) is 0 Å². The van der Waals surface area contributed by atoms with Gasteiger partial charge in [0.1, 0.15) is 5.75 Å². The van der Waals surface area contributed by atoms with Gasteiger partial charge in [0.25, 0.3) is 0 Å². The Hall–Kier alpha value is -0.870. The molecule has 0 spiro atoms. The van der Waals surface area contributed by atoms with Gasteiger partial charge in [-0.1, -0.05) is 0 Å². The summed E-state index contributed by atoms with van der Waals surface area (Å²) in [4.78, 5) is 4.03. The van der Waals surface area contributed by atoms with Gasteiger partial charge in [-0.3, -0.25) is 4.98 Å². The SMILES string of the molecule is Brc1cncc(OCCc2ccsc2)c1. The van der Waals surface area contributed by atoms with Gasteiger partial charge < -0.3 is 4.74 Å². The van der Waals surface area contributed by atoms with Crippen molar-refractivity contribution in [2.75, 3.05) is 6.61 Å². The van der Waals surface area contributed by atoms with Gasteiger partial charge >= 0.3 is 0 Å². The lowest BCUT2D eigenvalue weighted by Crippen LogP contribution is -2.00. The van der Waals surface area contributed by atoms with E-state index in [4.69, 9.17) is 4.74 Å². The fourth-order valence-electron chi connectivity index (χ4n) is 1.19. The van der Waals surface area contributed by atoms with Gasteiger partial charge in [-0.15, -0.1) is 0 Å². The molecule has 2 heterocycles. The van der Waals surface area contributed by atoms with Crippen molar-refractivity contribution in [2.24, 2.45) is 0 Å². The number of aromatic nitrogens is 1. The molecule has 2 rings (SSSR count). The number of halogens is 1. The molecule has 0 N–H and O–H groups in total. The summed E-state index contributed by atoms with van der Waals surface area (Å²) in [5.74, 6) is 0.805. The van der Waals surface area contributed by atoms with E-state index < -0.39 is 0 Å². The first kappa shape index (κ1) is 10.6. The zero-order valence-electron chi connectivity index (χ0n) is 8.02. The zero-order valence-corrected chi connectivity index (χ0v) is 10.4. The fourth-order valence-corrected chi connectivity index (χ4v) is 2.24. The second-order valence-electron chi connectivity index (χ2n) is 3.07. The van der Waals surface area contributed by atoms with E-state index in [-0.39, 0.29) is 0 Å². The van der Waals surface area contributed by atoms with Crippen LogP contribution in [0.4, 0.5) is 0 Å². The molecule has 4 heteroatoms. The van der Waals surface area contributed by atoms with Crippen molar-refractivity contribution in [1.82, 2.24) is 4.98 Å². The maximum atomic E-state index is 5.57. The summed E-state index contributed by atoms with van der Waals surface area (Å²) in [6.07, 6.45) is 4.40. The topological polar surface area (TPSA) is 22.1 Å². The second-order valence-corrected chi connectivity index (χ2v) is 4.76. The standard InChI is InChI=1S/C11H10BrNOS/c12-10-5-11(7-13-6-10)14-3-1-9-2-4-15-8-9/h2,4-8H,1,3H2. The van der Waals surface area contributed by atoms with Gasteiger partial charge in [-0.2, -0.15) is 11.3 Å². The van der Waals surface area contributed by atoms with Gasteiger partial charge in [0, 0.05) is 17.1 Å². The lowest BCUT2D eigenvalue weighted by molar-refractivity contribution is 0.320. The van der Waals surface area contributed by atoms with Gasteiger partial charge in [0.05, 0.1) is 12.8 Å². The summed E-state index contributed by atoms with van der Waals surface area (Å²) in [7, 11) is 0. The first-order valence-corrected chi connectivity index (χ1v) is 6.32. The van der Waals surface area contributed by atoms with E-state index in [1.807, 2.05) is 6.07 Å². The van der Waals surface area contributed by atoms with Crippen molar-refractivity contribution in [3.8, 4) is 5.75 Å². The van der Waals surface area contributed by atoms with E-state index in [0.717, 1.165) is 16.6 Å². The molecule has 0 aromatic carbocycles. The highest BCUT2D eigenvalue weighted by Crippen LogP contribution is 2.16. The highest BCUT2D eigenvalue weighted by molar-refractivity contribution is 9.10. The van der Waals surface area contributed by atoms with Gasteiger partial charge in [0.15, 0.2) is 0 Å². The van der Waals surface area contributed by atoms with Crippen LogP contribution in [0.3, 0.4) is 0 Å². The minimum absolute atomic E-state index is 0.689. The molecule has 15 heavy (non-hydrogen) atoms. The van der Waals surface area contributed by atoms with E-state index in [2.05, 4.69) is 37.7 Å². The molecule has 0 bridgehead atoms. The predicted molar refractivity (Wildman–Crippen MR) is 65.5 cm³/mol. The van der Waals surface area contributed by atoms with Crippen molar-refractivity contribution in [2.45, 2.75) is 6.42 Å². The molecule has 0 unspecified atom stereocenters. The van der Waals surface area contributed by atoms with Crippen molar-refractivity contribution in [3.05, 3.63) is 45.3 Å². The van der Waals surface area contributed by atoms with Gasteiger partial charge in [-0.05, 0) is 44.4 Å². The molecule has 0 atom stereocenters. The van der Waals surface area contributed by atoms with Crippen LogP contribution >= 0.6 is 27.3 Å². The third-order valence-electron chi connectivity index (χ3n) is 1.92. The van der Waals surface area contributed by atoms with Crippen LogP contribution in [0.25, 0.3) is 0 Å². The van der Waals surface area contributed by atoms with Crippen LogP contribution in [0.1, 0.15) is 5.56 Å². The minimum Gasteiger partial charge on any atom is -0.492 e. The number of rotatable bonds is 4. The lowest BCUT2D eigenvalue weighted by Gasteiger charge is -2.04. The number of hydrogen-bond acceptors (Lipinski definition) is 3. The largest absolute Gasteiger partial charge is 0.492 e. The van der Waals surface area contributed by atoms with Crippen LogP contribution < -0.4 is 4.74 Å². The van der Waals surface area contributed by atoms with Gasteiger partial charge in [-0.25, -0.2) is 0 Å². The maximum absolute atomic E-state index is 5.57. The molecule has 2 aromatic heterocycles. The first-order valence-electron chi connectivity index (χ1n) is 4.59. The highest BCUT2D eigenvalue weighted by atomic mass is 79.9. The van der Waals surface area contributed by atoms with Crippen molar-refractivity contribution >= 4 is 27.3 Å². The Balaban J connectivity index is 1.83. The number of thiophene rings is 1. The molecule has 0 radical (unpaired) electrons. The fraction of sp³-hybridized carbons (Fsp3) is 0.182. The molecule has 0 saturated heterocycles. The van der Waals surface area contributed by atoms with E-state index in [1.54, 1.807) is 23.7 Å². The summed E-state index contributed by atoms with van der Waals surface area (Å²) in [5, 5.41) is 4.22. The number of hydrogen-bond donors (Lipinski definition) is 0. The Morgan fingerprint density at radius 1 is 1.40 bits per heavy atom. The number of nitrogens with zero attached hydrogens (tertiary/aromatic N) is 1. The Labute approximate surface area is 101 Å². The average Bonchev–Trinajstić information content (AvgIpc) is 2.71. The zero-order chi connectivity index (χ0) is 10.5. The Morgan fingerprint density at radius 3 is 3.07 bits per heavy atom. The predicted octanol–water partition coefficient (Wildman–Crippen LogP) is 3.53. The molecule has 0 aliphatic rings. The molecule has 0 aliphatic carbocycles. The summed E-state index contributed by atoms with van der Waals surface area (Å²) < 4.78 is 6.51. The summed E-state index contributed by atoms with van der Waals surface area (Å²) in [6, 6.07) is 4.04. The Morgan fingerprint density at radius 2 is 2.33 bits per heavy atom. The van der Waals surface area contributed by atoms with E-state index in [1.165, 1.54) is 5.56 Å². The monoisotopic (exact) mass is 283 g/mol. The van der Waals surface area contributed by atoms with Crippen molar-refractivity contribution in [1.29, 1.82) is 0 Å². The number of pyridine rings is 1. The molecule has 78 valence electrons. The summed E-state index contributed by atoms with van der Waals surface area (Å²) in [5.41, 5.74) is 1.32. The Bertz CT molecular complexity index is 416. The molecule has 0 fully saturated rings. The molecular weight excluding hydrogens is 274 g/mol. The molecule has 0 saturated carbocycles. The number of ether oxygens (including phenoxy) is 1. The molecule has 2 aromatic rings. The van der Waals surface area contributed by atoms with Crippen LogP contribution in [-0.4, -0.2) is 11.6 Å². The van der Waals surface area contributed by atoms with Crippen LogP contribution in [0.15, 0.2) is 39.8 Å². The summed E-state index contributed by atoms with van der Waals surface area (Å²) >= 11 is 5.06. The van der Waals surface area contributed by atoms with E-state index in [9.17, 15) is 0 Å². The van der Waals surface area contributed by atoms with E-state index in [0.29, 0.717) is 6.61 Å². The van der Waals surface area contributed by atoms with E-state index >= 15 is 0 Å². The quantitative estimate of drug-likeness (QED) is 0.857. The molecular formula is C11H10BrNOS. The summed E-state index contributed by atoms with van der Waals surface area (Å²) in [6.45, 7) is 0.689. The van der Waals surface area contributed by atoms with Gasteiger partial charge in [0.2, 0.25) is 0 Å². The average molecular weight is 284 g/mol. The smallest absolute Gasteiger partial charge is 0.138 e. The normalized spacial score (nSPS) is 10.2. The highest BCUT2D eigenvalue weighted by Gasteiger charge is 1.97. The molecule has 0 amide bonds.